The minimum absolute atomic E-state index is 0.0238. The highest BCUT2D eigenvalue weighted by Crippen LogP contribution is 2.68. The van der Waals surface area contributed by atoms with Gasteiger partial charge in [-0.25, -0.2) is 14.4 Å². The molecule has 2 aromatic carbocycles. The molecule has 4 saturated heterocycles. The van der Waals surface area contributed by atoms with Crippen molar-refractivity contribution in [3.63, 3.8) is 0 Å². The van der Waals surface area contributed by atoms with E-state index in [1.54, 1.807) is 18.9 Å². The van der Waals surface area contributed by atoms with E-state index in [2.05, 4.69) is 33.3 Å². The van der Waals surface area contributed by atoms with Crippen molar-refractivity contribution in [2.75, 3.05) is 110 Å². The van der Waals surface area contributed by atoms with Crippen LogP contribution in [0.5, 0.6) is 5.75 Å². The number of hydrogen-bond acceptors (Lipinski definition) is 22. The number of amides is 3. The van der Waals surface area contributed by atoms with Gasteiger partial charge in [-0.3, -0.25) is 33.9 Å². The summed E-state index contributed by atoms with van der Waals surface area (Å²) in [6.45, 7) is 9.77. The van der Waals surface area contributed by atoms with Crippen LogP contribution in [0.15, 0.2) is 76.5 Å². The number of nitrogens with zero attached hydrogens (tertiary/aromatic N) is 5. The average Bonchev–Trinajstić information content (AvgIpc) is 1.47. The second kappa shape index (κ2) is 24.6. The SMILES string of the molecule is CCCC1=C(C)C(=O)C2=C(C1=O)[C@@H](COC(N)=O)[C@@]1(OC)[C@@H]3[C@H](CN21)N3C(=O)OCCSSCCOC(=O)NCC(=O)[C@@]1(O)[C@H](O)[C@]2(CC)C=CCN3CC[C@@]4(c5cc([C@@]6(C(=O)OC)C[C@@H]7CN(CCC8=C6Cc6ccccc68)C[C@](O)(CC)C7)c(OC)cc5N(C)[C@@H]14)[C@@H]32. The first kappa shape index (κ1) is 66.2. The molecule has 2 bridgehead atoms. The molecule has 13 rings (SSSR count). The fraction of sp³-hybridized carbons (Fsp3) is 0.609. The number of nitrogens with two attached hydrogens (primary N) is 1. The molecule has 14 atom stereocenters. The number of fused-ring (bicyclic) bond motifs is 9. The predicted molar refractivity (Wildman–Crippen MR) is 350 cm³/mol. The van der Waals surface area contributed by atoms with Gasteiger partial charge in [0.05, 0.1) is 50.1 Å². The number of alkyl carbamates (subject to hydrolysis) is 1. The lowest BCUT2D eigenvalue weighted by atomic mass is 9.47. The number of carbonyl (C=O) groups is 7. The van der Waals surface area contributed by atoms with Crippen LogP contribution in [-0.4, -0.2) is 229 Å². The van der Waals surface area contributed by atoms with Gasteiger partial charge < -0.3 is 64.6 Å². The number of Topliss-reactive ketones (excluding diaryl/α,β-unsaturated/α-hetero) is 3. The Kier molecular flexibility index (Phi) is 17.3. The molecular formula is C69H87N7O16S2. The van der Waals surface area contributed by atoms with Gasteiger partial charge in [-0.1, -0.05) is 85.2 Å². The maximum Gasteiger partial charge on any atom is 0.410 e. The number of hydrogen-bond donors (Lipinski definition) is 5. The first-order chi connectivity index (χ1) is 45.1. The van der Waals surface area contributed by atoms with E-state index < -0.39 is 106 Å². The van der Waals surface area contributed by atoms with E-state index >= 15 is 9.59 Å². The van der Waals surface area contributed by atoms with Crippen molar-refractivity contribution in [2.24, 2.45) is 23.0 Å². The molecule has 1 spiro atoms. The second-order valence-corrected chi connectivity index (χ2v) is 30.2. The number of benzene rings is 2. The summed E-state index contributed by atoms with van der Waals surface area (Å²) in [7, 11) is 9.04. The van der Waals surface area contributed by atoms with Gasteiger partial charge in [-0.15, -0.1) is 0 Å². The Morgan fingerprint density at radius 3 is 2.35 bits per heavy atom. The van der Waals surface area contributed by atoms with Gasteiger partial charge in [0.15, 0.2) is 22.9 Å². The third-order valence-electron chi connectivity index (χ3n) is 23.4. The van der Waals surface area contributed by atoms with Crippen molar-refractivity contribution in [1.29, 1.82) is 0 Å². The second-order valence-electron chi connectivity index (χ2n) is 27.5. The van der Waals surface area contributed by atoms with Crippen LogP contribution >= 0.6 is 21.6 Å². The fourth-order valence-corrected chi connectivity index (χ4v) is 21.3. The van der Waals surface area contributed by atoms with E-state index in [0.717, 1.165) is 27.8 Å². The van der Waals surface area contributed by atoms with Crippen LogP contribution in [0, 0.1) is 17.3 Å². The van der Waals surface area contributed by atoms with E-state index in [1.165, 1.54) is 40.7 Å². The quantitative estimate of drug-likeness (QED) is 0.0212. The van der Waals surface area contributed by atoms with Gasteiger partial charge in [-0.2, -0.15) is 0 Å². The Morgan fingerprint density at radius 2 is 1.65 bits per heavy atom. The van der Waals surface area contributed by atoms with Crippen LogP contribution in [0.25, 0.3) is 5.57 Å². The summed E-state index contributed by atoms with van der Waals surface area (Å²) >= 11 is 0. The lowest BCUT2D eigenvalue weighted by molar-refractivity contribution is -0.201. The van der Waals surface area contributed by atoms with Crippen molar-refractivity contribution in [1.82, 2.24) is 24.9 Å². The molecule has 0 aromatic heterocycles. The van der Waals surface area contributed by atoms with E-state index in [9.17, 15) is 39.3 Å². The van der Waals surface area contributed by atoms with Crippen LogP contribution in [-0.2, 0) is 60.1 Å². The van der Waals surface area contributed by atoms with Crippen LogP contribution < -0.4 is 20.7 Å². The van der Waals surface area contributed by atoms with Crippen LogP contribution in [0.1, 0.15) is 101 Å². The maximum absolute atomic E-state index is 15.6. The molecule has 3 amide bonds. The fourth-order valence-electron chi connectivity index (χ4n) is 19.6. The molecule has 25 heteroatoms. The van der Waals surface area contributed by atoms with Crippen molar-refractivity contribution in [3.05, 3.63) is 98.8 Å². The Bertz CT molecular complexity index is 3650. The molecule has 6 N–H and O–H groups in total. The number of esters is 1. The highest BCUT2D eigenvalue weighted by atomic mass is 33.1. The summed E-state index contributed by atoms with van der Waals surface area (Å²) in [4.78, 5) is 108. The van der Waals surface area contributed by atoms with Gasteiger partial charge >= 0.3 is 24.2 Å². The number of nitrogens with one attached hydrogen (secondary N) is 1. The third kappa shape index (κ3) is 9.59. The molecule has 1 saturated carbocycles. The molecule has 8 heterocycles. The molecule has 23 nitrogen and oxygen atoms in total. The Balaban J connectivity index is 0.690. The number of carbonyl (C=O) groups excluding carboxylic acids is 7. The van der Waals surface area contributed by atoms with Crippen LogP contribution in [0.4, 0.5) is 20.1 Å². The van der Waals surface area contributed by atoms with E-state index in [1.807, 2.05) is 63.1 Å². The summed E-state index contributed by atoms with van der Waals surface area (Å²) in [5.41, 5.74) is 4.50. The number of anilines is 1. The summed E-state index contributed by atoms with van der Waals surface area (Å²) in [5, 5.41) is 41.5. The average molecular weight is 1330 g/mol. The Hall–Kier alpha value is -6.45. The van der Waals surface area contributed by atoms with E-state index in [-0.39, 0.29) is 55.1 Å². The number of primary amides is 1. The lowest BCUT2D eigenvalue weighted by Crippen LogP contribution is -2.81. The monoisotopic (exact) mass is 1330 g/mol. The predicted octanol–water partition coefficient (Wildman–Crippen LogP) is 5.35. The molecule has 1 unspecified atom stereocenters. The highest BCUT2D eigenvalue weighted by Gasteiger charge is 2.80. The van der Waals surface area contributed by atoms with Crippen molar-refractivity contribution >= 4 is 74.4 Å². The van der Waals surface area contributed by atoms with Gasteiger partial charge in [0.1, 0.15) is 43.1 Å². The zero-order valence-electron chi connectivity index (χ0n) is 54.8. The van der Waals surface area contributed by atoms with E-state index in [0.29, 0.717) is 130 Å². The number of likely N-dealkylation sites (N-methyl/N-ethyl adjacent to an activating group) is 1. The summed E-state index contributed by atoms with van der Waals surface area (Å²) in [6.07, 6.45) is 4.19. The van der Waals surface area contributed by atoms with Crippen molar-refractivity contribution < 1.29 is 77.3 Å². The van der Waals surface area contributed by atoms with E-state index in [4.69, 9.17) is 34.2 Å². The molecule has 506 valence electrons. The molecule has 0 radical (unpaired) electrons. The molecule has 3 aliphatic carbocycles. The molecule has 94 heavy (non-hydrogen) atoms. The van der Waals surface area contributed by atoms with Crippen LogP contribution in [0.2, 0.25) is 0 Å². The number of aliphatic hydroxyl groups excluding tert-OH is 1. The number of ketones is 3. The van der Waals surface area contributed by atoms with Crippen molar-refractivity contribution in [3.8, 4) is 5.75 Å². The zero-order chi connectivity index (χ0) is 66.8. The van der Waals surface area contributed by atoms with Crippen LogP contribution in [0.3, 0.4) is 0 Å². The number of allylic oxidation sites excluding steroid dienone is 2. The molecule has 11 aliphatic rings. The Morgan fingerprint density at radius 1 is 0.894 bits per heavy atom. The zero-order valence-corrected chi connectivity index (χ0v) is 56.4. The van der Waals surface area contributed by atoms with Crippen molar-refractivity contribution in [2.45, 2.75) is 144 Å². The molecule has 8 aliphatic heterocycles. The molecule has 5 fully saturated rings. The normalized spacial score (nSPS) is 34.7. The highest BCUT2D eigenvalue weighted by molar-refractivity contribution is 8.76. The number of piperazine rings is 1. The molecular weight excluding hydrogens is 1250 g/mol. The smallest absolute Gasteiger partial charge is 0.410 e. The topological polar surface area (TPSA) is 290 Å². The summed E-state index contributed by atoms with van der Waals surface area (Å²) in [5.74, 6) is -1.75. The largest absolute Gasteiger partial charge is 0.496 e. The summed E-state index contributed by atoms with van der Waals surface area (Å²) in [6, 6.07) is 9.85. The first-order valence-corrected chi connectivity index (χ1v) is 35.6. The maximum atomic E-state index is 15.6. The standard InChI is InChI=1S/C69H87N7O16S2/c1-9-15-41-38(4)54(78)53-52(55(41)79)47(36-92-61(70)82)69(89-8)56-49(35-75(53)69)76(56)63(84)91-25-27-94-93-26-24-90-62(83)71-33-51(77)68(86)58-66(20-23-74-21-14-19-65(11-3,57(66)74)59(68)80)45-29-46(50(87-6)30-48(45)72(58)5)67(60(81)88-7)32-39-31-64(85,10-2)37-73(34-39)22-18-43-42-17-13-12-16-40(42)28-44(43)67/h12-14,16-17,19,29-30,39,47,49,56-59,80,85-86H,9-11,15,18,20-28,31-37H2,1-8H3,(H2,70,82)(H,71,83)/t39-,47-,49+,56+,57+,58-,59-,64+,65-,66-,67-,68+,69-,76?/m1/s1. The minimum Gasteiger partial charge on any atom is -0.496 e. The Labute approximate surface area is 555 Å². The third-order valence-corrected chi connectivity index (χ3v) is 25.7. The number of ether oxygens (including phenoxy) is 6. The van der Waals surface area contributed by atoms with Gasteiger partial charge in [0.2, 0.25) is 5.78 Å². The van der Waals surface area contributed by atoms with Gasteiger partial charge in [0, 0.05) is 109 Å². The number of rotatable bonds is 20. The lowest BCUT2D eigenvalue weighted by Gasteiger charge is -2.63. The van der Waals surface area contributed by atoms with Gasteiger partial charge in [0.25, 0.3) is 0 Å². The summed E-state index contributed by atoms with van der Waals surface area (Å²) < 4.78 is 35.2. The minimum atomic E-state index is -2.47. The molecule has 2 aromatic rings. The first-order valence-electron chi connectivity index (χ1n) is 33.1. The van der Waals surface area contributed by atoms with Gasteiger partial charge in [-0.05, 0) is 105 Å². The number of methoxy groups -OCH3 is 3. The number of aliphatic hydroxyl groups is 3. The number of piperidine rings is 1.